The first-order valence-corrected chi connectivity index (χ1v) is 10.9. The highest BCUT2D eigenvalue weighted by Gasteiger charge is 2.35. The Morgan fingerprint density at radius 3 is 2.77 bits per heavy atom. The van der Waals surface area contributed by atoms with Crippen molar-refractivity contribution in [3.8, 4) is 5.75 Å². The third-order valence-electron chi connectivity index (χ3n) is 5.43. The van der Waals surface area contributed by atoms with E-state index in [1.54, 1.807) is 11.0 Å². The largest absolute Gasteiger partial charge is 0.490 e. The number of carbonyl (C=O) groups excluding carboxylic acids is 1. The summed E-state index contributed by atoms with van der Waals surface area (Å²) in [5, 5.41) is 1.81. The van der Waals surface area contributed by atoms with Crippen LogP contribution < -0.4 is 4.74 Å². The van der Waals surface area contributed by atoms with Gasteiger partial charge in [0, 0.05) is 28.2 Å². The van der Waals surface area contributed by atoms with E-state index >= 15 is 0 Å². The number of benzene rings is 2. The van der Waals surface area contributed by atoms with Crippen LogP contribution in [-0.4, -0.2) is 35.7 Å². The second kappa shape index (κ2) is 9.06. The molecule has 0 radical (unpaired) electrons. The molecule has 0 saturated carbocycles. The van der Waals surface area contributed by atoms with E-state index in [4.69, 9.17) is 21.1 Å². The molecule has 5 nitrogen and oxygen atoms in total. The lowest BCUT2D eigenvalue weighted by Crippen LogP contribution is -2.41. The zero-order valence-corrected chi connectivity index (χ0v) is 18.6. The molecule has 0 bridgehead atoms. The van der Waals surface area contributed by atoms with Crippen LogP contribution in [0.3, 0.4) is 0 Å². The second-order valence-corrected chi connectivity index (χ2v) is 8.63. The van der Waals surface area contributed by atoms with Crippen molar-refractivity contribution in [3.05, 3.63) is 77.0 Å². The molecule has 1 aliphatic rings. The Kier molecular flexibility index (Phi) is 6.23. The summed E-state index contributed by atoms with van der Waals surface area (Å²) >= 11 is 6.26. The summed E-state index contributed by atoms with van der Waals surface area (Å²) in [5.41, 5.74) is 4.21. The maximum Gasteiger partial charge on any atom is 0.410 e. The van der Waals surface area contributed by atoms with E-state index < -0.39 is 0 Å². The molecule has 0 aliphatic carbocycles. The fourth-order valence-electron chi connectivity index (χ4n) is 4.03. The number of nitrogens with zero attached hydrogens (tertiary/aromatic N) is 1. The summed E-state index contributed by atoms with van der Waals surface area (Å²) in [7, 11) is 0. The van der Waals surface area contributed by atoms with E-state index in [2.05, 4.69) is 11.6 Å². The van der Waals surface area contributed by atoms with E-state index in [0.717, 1.165) is 34.3 Å². The van der Waals surface area contributed by atoms with Gasteiger partial charge in [0.25, 0.3) is 0 Å². The minimum Gasteiger partial charge on any atom is -0.490 e. The SMILES string of the molecule is C=CCOc1ccc(C2c3[nH]c4ccc(Cl)cc4c3CCN2C(=O)OCC(C)C)cc1. The van der Waals surface area contributed by atoms with Crippen molar-refractivity contribution in [2.24, 2.45) is 5.92 Å². The van der Waals surface area contributed by atoms with Crippen LogP contribution in [-0.2, 0) is 11.2 Å². The van der Waals surface area contributed by atoms with E-state index in [9.17, 15) is 4.79 Å². The van der Waals surface area contributed by atoms with Gasteiger partial charge >= 0.3 is 6.09 Å². The summed E-state index contributed by atoms with van der Waals surface area (Å²) in [5.74, 6) is 1.04. The van der Waals surface area contributed by atoms with Gasteiger partial charge in [-0.25, -0.2) is 4.79 Å². The van der Waals surface area contributed by atoms with Crippen molar-refractivity contribution in [1.29, 1.82) is 0 Å². The molecule has 0 spiro atoms. The van der Waals surface area contributed by atoms with Crippen LogP contribution in [0.4, 0.5) is 4.79 Å². The quantitative estimate of drug-likeness (QED) is 0.471. The molecule has 2 heterocycles. The molecule has 1 unspecified atom stereocenters. The van der Waals surface area contributed by atoms with Crippen LogP contribution >= 0.6 is 11.6 Å². The molecule has 2 aromatic carbocycles. The monoisotopic (exact) mass is 438 g/mol. The van der Waals surface area contributed by atoms with Gasteiger partial charge in [-0.1, -0.05) is 50.2 Å². The summed E-state index contributed by atoms with van der Waals surface area (Å²) in [4.78, 5) is 18.4. The van der Waals surface area contributed by atoms with Crippen molar-refractivity contribution < 1.29 is 14.3 Å². The Hall–Kier alpha value is -2.92. The van der Waals surface area contributed by atoms with Gasteiger partial charge in [-0.2, -0.15) is 0 Å². The zero-order valence-electron chi connectivity index (χ0n) is 17.9. The number of nitrogens with one attached hydrogen (secondary N) is 1. The van der Waals surface area contributed by atoms with Gasteiger partial charge in [0.2, 0.25) is 0 Å². The van der Waals surface area contributed by atoms with Gasteiger partial charge in [0.1, 0.15) is 18.4 Å². The zero-order chi connectivity index (χ0) is 22.0. The molecule has 1 aromatic heterocycles. The van der Waals surface area contributed by atoms with E-state index in [1.807, 2.05) is 56.3 Å². The third kappa shape index (κ3) is 4.42. The number of aromatic amines is 1. The Morgan fingerprint density at radius 2 is 2.06 bits per heavy atom. The molecular weight excluding hydrogens is 412 g/mol. The Bertz CT molecular complexity index is 1090. The average Bonchev–Trinajstić information content (AvgIpc) is 3.13. The summed E-state index contributed by atoms with van der Waals surface area (Å²) in [6.45, 7) is 9.16. The topological polar surface area (TPSA) is 54.6 Å². The van der Waals surface area contributed by atoms with Crippen LogP contribution in [0.25, 0.3) is 10.9 Å². The highest BCUT2D eigenvalue weighted by molar-refractivity contribution is 6.31. The van der Waals surface area contributed by atoms with Gasteiger partial charge < -0.3 is 14.5 Å². The lowest BCUT2D eigenvalue weighted by Gasteiger charge is -2.35. The fraction of sp³-hybridized carbons (Fsp3) is 0.320. The second-order valence-electron chi connectivity index (χ2n) is 8.19. The maximum atomic E-state index is 13.0. The maximum absolute atomic E-state index is 13.0. The van der Waals surface area contributed by atoms with Crippen LogP contribution in [0, 0.1) is 5.92 Å². The summed E-state index contributed by atoms with van der Waals surface area (Å²) in [6, 6.07) is 13.4. The molecule has 1 amide bonds. The number of fused-ring (bicyclic) bond motifs is 3. The predicted octanol–water partition coefficient (Wildman–Crippen LogP) is 6.13. The lowest BCUT2D eigenvalue weighted by atomic mass is 9.92. The Balaban J connectivity index is 1.74. The van der Waals surface area contributed by atoms with E-state index in [0.29, 0.717) is 24.8 Å². The first-order chi connectivity index (χ1) is 15.0. The number of hydrogen-bond donors (Lipinski definition) is 1. The van der Waals surface area contributed by atoms with E-state index in [-0.39, 0.29) is 18.1 Å². The molecule has 1 aliphatic heterocycles. The molecule has 1 atom stereocenters. The summed E-state index contributed by atoms with van der Waals surface area (Å²) < 4.78 is 11.2. The molecular formula is C25H27ClN2O3. The van der Waals surface area contributed by atoms with Crippen LogP contribution in [0.5, 0.6) is 5.75 Å². The van der Waals surface area contributed by atoms with Crippen molar-refractivity contribution in [2.45, 2.75) is 26.3 Å². The van der Waals surface area contributed by atoms with Gasteiger partial charge in [-0.15, -0.1) is 0 Å². The standard InChI is InChI=1S/C25H27ClN2O3/c1-4-13-30-19-8-5-17(6-9-19)24-23-20(21-14-18(26)7-10-22(21)27-23)11-12-28(24)25(29)31-15-16(2)3/h4-10,14,16,24,27H,1,11-13,15H2,2-3H3. The normalized spacial score (nSPS) is 15.7. The van der Waals surface area contributed by atoms with Crippen LogP contribution in [0.15, 0.2) is 55.1 Å². The molecule has 6 heteroatoms. The smallest absolute Gasteiger partial charge is 0.410 e. The third-order valence-corrected chi connectivity index (χ3v) is 5.66. The number of ether oxygens (including phenoxy) is 2. The molecule has 31 heavy (non-hydrogen) atoms. The predicted molar refractivity (Wildman–Crippen MR) is 124 cm³/mol. The van der Waals surface area contributed by atoms with E-state index in [1.165, 1.54) is 5.56 Å². The van der Waals surface area contributed by atoms with Gasteiger partial charge in [-0.3, -0.25) is 4.90 Å². The highest BCUT2D eigenvalue weighted by atomic mass is 35.5. The fourth-order valence-corrected chi connectivity index (χ4v) is 4.20. The number of H-pyrrole nitrogens is 1. The van der Waals surface area contributed by atoms with Crippen LogP contribution in [0.2, 0.25) is 5.02 Å². The van der Waals surface area contributed by atoms with Crippen molar-refractivity contribution in [2.75, 3.05) is 19.8 Å². The molecule has 4 rings (SSSR count). The number of carbonyl (C=O) groups is 1. The number of hydrogen-bond acceptors (Lipinski definition) is 3. The Morgan fingerprint density at radius 1 is 1.29 bits per heavy atom. The van der Waals surface area contributed by atoms with Crippen molar-refractivity contribution in [3.63, 3.8) is 0 Å². The van der Waals surface area contributed by atoms with Crippen LogP contribution in [0.1, 0.15) is 36.7 Å². The highest BCUT2D eigenvalue weighted by Crippen LogP contribution is 2.39. The van der Waals surface area contributed by atoms with Gasteiger partial charge in [0.05, 0.1) is 6.61 Å². The molecule has 0 fully saturated rings. The number of aromatic nitrogens is 1. The number of amides is 1. The first-order valence-electron chi connectivity index (χ1n) is 10.5. The minimum atomic E-state index is -0.298. The van der Waals surface area contributed by atoms with Gasteiger partial charge in [0.15, 0.2) is 0 Å². The first kappa shape index (κ1) is 21.3. The Labute approximate surface area is 187 Å². The molecule has 0 saturated heterocycles. The molecule has 1 N–H and O–H groups in total. The van der Waals surface area contributed by atoms with Crippen molar-refractivity contribution >= 4 is 28.6 Å². The lowest BCUT2D eigenvalue weighted by molar-refractivity contribution is 0.0797. The number of halogens is 1. The minimum absolute atomic E-state index is 0.275. The van der Waals surface area contributed by atoms with Crippen molar-refractivity contribution in [1.82, 2.24) is 9.88 Å². The summed E-state index contributed by atoms with van der Waals surface area (Å²) in [6.07, 6.45) is 2.15. The van der Waals surface area contributed by atoms with Gasteiger partial charge in [-0.05, 0) is 53.8 Å². The molecule has 3 aromatic rings. The average molecular weight is 439 g/mol. The number of rotatable bonds is 6. The molecule has 162 valence electrons.